The van der Waals surface area contributed by atoms with Crippen LogP contribution in [0, 0.1) is 11.3 Å². The zero-order valence-electron chi connectivity index (χ0n) is 13.8. The van der Waals surface area contributed by atoms with Crippen LogP contribution in [0.1, 0.15) is 43.0 Å². The molecule has 0 heterocycles. The van der Waals surface area contributed by atoms with E-state index in [1.54, 1.807) is 18.2 Å². The van der Waals surface area contributed by atoms with Crippen molar-refractivity contribution in [3.63, 3.8) is 0 Å². The van der Waals surface area contributed by atoms with Gasteiger partial charge in [0.25, 0.3) is 5.91 Å². The van der Waals surface area contributed by atoms with E-state index in [4.69, 9.17) is 10.00 Å². The Hall–Kier alpha value is -2.88. The Bertz CT molecular complexity index is 637. The molecule has 0 aliphatic heterocycles. The lowest BCUT2D eigenvalue weighted by molar-refractivity contribution is -0.143. The van der Waals surface area contributed by atoms with Crippen LogP contribution in [-0.4, -0.2) is 30.9 Å². The third-order valence-corrected chi connectivity index (χ3v) is 3.27. The summed E-state index contributed by atoms with van der Waals surface area (Å²) in [5, 5.41) is 13.8. The summed E-state index contributed by atoms with van der Waals surface area (Å²) in [5.41, 5.74) is 0.825. The summed E-state index contributed by atoms with van der Waals surface area (Å²) < 4.78 is 4.71. The number of hydrogen-bond acceptors (Lipinski definition) is 5. The SMILES string of the molecule is COC(=O)[C@@H](CCCCC#N)NC(=O)c1cccc(NC(C)=O)c1. The van der Waals surface area contributed by atoms with Crippen molar-refractivity contribution in [1.29, 1.82) is 5.26 Å². The molecule has 2 N–H and O–H groups in total. The van der Waals surface area contributed by atoms with Gasteiger partial charge in [0.2, 0.25) is 5.91 Å². The van der Waals surface area contributed by atoms with Crippen molar-refractivity contribution in [3.05, 3.63) is 29.8 Å². The number of esters is 1. The van der Waals surface area contributed by atoms with E-state index in [0.717, 1.165) is 0 Å². The van der Waals surface area contributed by atoms with Crippen molar-refractivity contribution in [2.24, 2.45) is 0 Å². The first-order chi connectivity index (χ1) is 11.5. The molecule has 0 spiro atoms. The van der Waals surface area contributed by atoms with Gasteiger partial charge in [-0.15, -0.1) is 0 Å². The average Bonchev–Trinajstić information content (AvgIpc) is 2.56. The number of methoxy groups -OCH3 is 1. The lowest BCUT2D eigenvalue weighted by atomic mass is 10.1. The van der Waals surface area contributed by atoms with Crippen molar-refractivity contribution in [3.8, 4) is 6.07 Å². The summed E-state index contributed by atoms with van der Waals surface area (Å²) in [7, 11) is 1.26. The van der Waals surface area contributed by atoms with Crippen molar-refractivity contribution in [2.75, 3.05) is 12.4 Å². The van der Waals surface area contributed by atoms with Gasteiger partial charge in [0.1, 0.15) is 6.04 Å². The highest BCUT2D eigenvalue weighted by atomic mass is 16.5. The van der Waals surface area contributed by atoms with Crippen molar-refractivity contribution >= 4 is 23.5 Å². The summed E-state index contributed by atoms with van der Waals surface area (Å²) >= 11 is 0. The minimum atomic E-state index is -0.773. The number of unbranched alkanes of at least 4 members (excludes halogenated alkanes) is 2. The van der Waals surface area contributed by atoms with Crippen LogP contribution in [0.25, 0.3) is 0 Å². The Morgan fingerprint density at radius 2 is 2.04 bits per heavy atom. The average molecular weight is 331 g/mol. The molecule has 0 fully saturated rings. The van der Waals surface area contributed by atoms with Crippen molar-refractivity contribution < 1.29 is 19.1 Å². The molecule has 0 aliphatic carbocycles. The van der Waals surface area contributed by atoms with E-state index in [9.17, 15) is 14.4 Å². The summed E-state index contributed by atoms with van der Waals surface area (Å²) in [6, 6.07) is 7.68. The predicted octanol–water partition coefficient (Wildman–Crippen LogP) is 2.00. The quantitative estimate of drug-likeness (QED) is 0.559. The Kier molecular flexibility index (Phi) is 7.99. The highest BCUT2D eigenvalue weighted by Gasteiger charge is 2.21. The molecule has 1 aromatic carbocycles. The van der Waals surface area contributed by atoms with Crippen molar-refractivity contribution in [1.82, 2.24) is 5.32 Å². The van der Waals surface area contributed by atoms with Gasteiger partial charge in [-0.3, -0.25) is 9.59 Å². The second-order valence-corrected chi connectivity index (χ2v) is 5.22. The van der Waals surface area contributed by atoms with Crippen LogP contribution in [-0.2, 0) is 14.3 Å². The smallest absolute Gasteiger partial charge is 0.328 e. The Labute approximate surface area is 141 Å². The van der Waals surface area contributed by atoms with E-state index in [2.05, 4.69) is 10.6 Å². The standard InChI is InChI=1S/C17H21N3O4/c1-12(21)19-14-8-6-7-13(11-14)16(22)20-15(17(23)24-2)9-4-3-5-10-18/h6-8,11,15H,3-5,9H2,1-2H3,(H,19,21)(H,20,22)/t15-/m1/s1. The fraction of sp³-hybridized carbons (Fsp3) is 0.412. The van der Waals surface area contributed by atoms with E-state index < -0.39 is 17.9 Å². The maximum absolute atomic E-state index is 12.3. The molecular formula is C17H21N3O4. The van der Waals surface area contributed by atoms with Crippen LogP contribution >= 0.6 is 0 Å². The van der Waals surface area contributed by atoms with Crippen LogP contribution in [0.3, 0.4) is 0 Å². The van der Waals surface area contributed by atoms with Gasteiger partial charge in [0.05, 0.1) is 13.2 Å². The number of nitriles is 1. The zero-order chi connectivity index (χ0) is 17.9. The first-order valence-electron chi connectivity index (χ1n) is 7.61. The number of nitrogens with one attached hydrogen (secondary N) is 2. The molecule has 128 valence electrons. The largest absolute Gasteiger partial charge is 0.467 e. The molecule has 0 saturated heterocycles. The Balaban J connectivity index is 2.74. The molecule has 1 aromatic rings. The number of ether oxygens (including phenoxy) is 1. The van der Waals surface area contributed by atoms with Crippen LogP contribution in [0.5, 0.6) is 0 Å². The minimum Gasteiger partial charge on any atom is -0.467 e. The predicted molar refractivity (Wildman–Crippen MR) is 88.1 cm³/mol. The highest BCUT2D eigenvalue weighted by Crippen LogP contribution is 2.12. The topological polar surface area (TPSA) is 108 Å². The molecule has 1 rings (SSSR count). The van der Waals surface area contributed by atoms with Gasteiger partial charge in [-0.2, -0.15) is 5.26 Å². The highest BCUT2D eigenvalue weighted by molar-refractivity contribution is 5.98. The van der Waals surface area contributed by atoms with Crippen LogP contribution in [0.2, 0.25) is 0 Å². The molecule has 1 atom stereocenters. The van der Waals surface area contributed by atoms with E-state index in [0.29, 0.717) is 36.9 Å². The normalized spacial score (nSPS) is 11.0. The van der Waals surface area contributed by atoms with Crippen LogP contribution in [0.4, 0.5) is 5.69 Å². The molecule has 7 nitrogen and oxygen atoms in total. The number of carbonyl (C=O) groups is 3. The third-order valence-electron chi connectivity index (χ3n) is 3.27. The van der Waals surface area contributed by atoms with Gasteiger partial charge in [0, 0.05) is 24.6 Å². The molecular weight excluding hydrogens is 310 g/mol. The molecule has 24 heavy (non-hydrogen) atoms. The van der Waals surface area contributed by atoms with Gasteiger partial charge in [0.15, 0.2) is 0 Å². The first kappa shape index (κ1) is 19.2. The molecule has 0 saturated carbocycles. The van der Waals surface area contributed by atoms with Gasteiger partial charge in [-0.1, -0.05) is 6.07 Å². The Morgan fingerprint density at radius 1 is 1.29 bits per heavy atom. The Morgan fingerprint density at radius 3 is 2.67 bits per heavy atom. The number of hydrogen-bond donors (Lipinski definition) is 2. The first-order valence-corrected chi connectivity index (χ1v) is 7.61. The van der Waals surface area contributed by atoms with E-state index in [1.807, 2.05) is 6.07 Å². The van der Waals surface area contributed by atoms with Crippen molar-refractivity contribution in [2.45, 2.75) is 38.6 Å². The monoisotopic (exact) mass is 331 g/mol. The summed E-state index contributed by atoms with van der Waals surface area (Å²) in [5.74, 6) is -1.20. The lowest BCUT2D eigenvalue weighted by Gasteiger charge is -2.16. The number of benzene rings is 1. The molecule has 0 aliphatic rings. The van der Waals surface area contributed by atoms with Gasteiger partial charge in [-0.25, -0.2) is 4.79 Å². The summed E-state index contributed by atoms with van der Waals surface area (Å²) in [6.45, 7) is 1.38. The maximum Gasteiger partial charge on any atom is 0.328 e. The number of anilines is 1. The minimum absolute atomic E-state index is 0.238. The van der Waals surface area contributed by atoms with Gasteiger partial charge >= 0.3 is 5.97 Å². The lowest BCUT2D eigenvalue weighted by Crippen LogP contribution is -2.41. The van der Waals surface area contributed by atoms with E-state index in [-0.39, 0.29) is 5.91 Å². The number of nitrogens with zero attached hydrogens (tertiary/aromatic N) is 1. The van der Waals surface area contributed by atoms with Crippen LogP contribution < -0.4 is 10.6 Å². The second-order valence-electron chi connectivity index (χ2n) is 5.22. The summed E-state index contributed by atoms with van der Waals surface area (Å²) in [4.78, 5) is 35.2. The molecule has 0 unspecified atom stereocenters. The molecule has 0 aromatic heterocycles. The molecule has 0 radical (unpaired) electrons. The summed E-state index contributed by atoms with van der Waals surface area (Å²) in [6.07, 6.45) is 2.07. The zero-order valence-corrected chi connectivity index (χ0v) is 13.8. The van der Waals surface area contributed by atoms with E-state index in [1.165, 1.54) is 20.1 Å². The van der Waals surface area contributed by atoms with E-state index >= 15 is 0 Å². The van der Waals surface area contributed by atoms with Crippen LogP contribution in [0.15, 0.2) is 24.3 Å². The molecule has 0 bridgehead atoms. The van der Waals surface area contributed by atoms with Gasteiger partial charge in [-0.05, 0) is 37.5 Å². The molecule has 7 heteroatoms. The number of carbonyl (C=O) groups excluding carboxylic acids is 3. The fourth-order valence-electron chi connectivity index (χ4n) is 2.13. The number of rotatable bonds is 8. The fourth-order valence-corrected chi connectivity index (χ4v) is 2.13. The van der Waals surface area contributed by atoms with Gasteiger partial charge < -0.3 is 15.4 Å². The third kappa shape index (κ3) is 6.48. The molecule has 2 amide bonds. The maximum atomic E-state index is 12.3. The number of amides is 2. The second kappa shape index (κ2) is 10.0.